The number of carbonyl (C=O) groups is 1. The predicted octanol–water partition coefficient (Wildman–Crippen LogP) is 1.25. The average molecular weight is 374 g/mol. The first-order valence-corrected chi connectivity index (χ1v) is 10.8. The number of unbranched alkanes of at least 4 members (excludes halogenated alkanes) is 1. The lowest BCUT2D eigenvalue weighted by Crippen LogP contribution is -2.47. The van der Waals surface area contributed by atoms with Gasteiger partial charge in [0.1, 0.15) is 6.04 Å². The molecular formula is C16H27N3O3S2. The van der Waals surface area contributed by atoms with Gasteiger partial charge in [-0.05, 0) is 56.9 Å². The van der Waals surface area contributed by atoms with E-state index in [1.807, 2.05) is 13.2 Å². The lowest BCUT2D eigenvalue weighted by molar-refractivity contribution is -0.122. The van der Waals surface area contributed by atoms with Gasteiger partial charge in [0.2, 0.25) is 15.9 Å². The second-order valence-corrected chi connectivity index (χ2v) is 8.25. The van der Waals surface area contributed by atoms with Crippen molar-refractivity contribution in [3.63, 3.8) is 0 Å². The molecule has 6 nitrogen and oxygen atoms in total. The zero-order valence-corrected chi connectivity index (χ0v) is 15.9. The molecule has 1 aromatic carbocycles. The Balaban J connectivity index is 2.76. The Morgan fingerprint density at radius 1 is 1.25 bits per heavy atom. The third-order valence-corrected chi connectivity index (χ3v) is 5.62. The molecular weight excluding hydrogens is 346 g/mol. The number of amides is 1. The number of aryl methyl sites for hydroxylation is 1. The number of sulfonamides is 1. The first kappa shape index (κ1) is 21.0. The van der Waals surface area contributed by atoms with Crippen molar-refractivity contribution in [1.82, 2.24) is 10.0 Å². The molecule has 0 radical (unpaired) electrons. The highest BCUT2D eigenvalue weighted by Gasteiger charge is 2.25. The minimum absolute atomic E-state index is 0.165. The Morgan fingerprint density at radius 3 is 2.50 bits per heavy atom. The quantitative estimate of drug-likeness (QED) is 0.507. The summed E-state index contributed by atoms with van der Waals surface area (Å²) >= 11 is 1.57. The third kappa shape index (κ3) is 7.21. The van der Waals surface area contributed by atoms with Crippen molar-refractivity contribution in [3.8, 4) is 0 Å². The van der Waals surface area contributed by atoms with E-state index in [1.54, 1.807) is 36.0 Å². The van der Waals surface area contributed by atoms with Gasteiger partial charge in [-0.1, -0.05) is 17.7 Å². The van der Waals surface area contributed by atoms with E-state index < -0.39 is 16.1 Å². The summed E-state index contributed by atoms with van der Waals surface area (Å²) < 4.78 is 27.5. The van der Waals surface area contributed by atoms with Crippen molar-refractivity contribution in [2.75, 3.05) is 25.1 Å². The maximum Gasteiger partial charge on any atom is 0.241 e. The van der Waals surface area contributed by atoms with Gasteiger partial charge in [-0.15, -0.1) is 0 Å². The topological polar surface area (TPSA) is 101 Å². The van der Waals surface area contributed by atoms with E-state index in [9.17, 15) is 13.2 Å². The average Bonchev–Trinajstić information content (AvgIpc) is 2.55. The van der Waals surface area contributed by atoms with Gasteiger partial charge in [0, 0.05) is 6.54 Å². The molecule has 1 unspecified atom stereocenters. The smallest absolute Gasteiger partial charge is 0.241 e. The lowest BCUT2D eigenvalue weighted by Gasteiger charge is -2.18. The molecule has 0 spiro atoms. The van der Waals surface area contributed by atoms with Crippen LogP contribution >= 0.6 is 11.8 Å². The summed E-state index contributed by atoms with van der Waals surface area (Å²) in [6.07, 6.45) is 3.96. The maximum absolute atomic E-state index is 12.5. The van der Waals surface area contributed by atoms with Crippen LogP contribution in [-0.4, -0.2) is 45.5 Å². The van der Waals surface area contributed by atoms with Crippen LogP contribution in [0.1, 0.15) is 24.8 Å². The van der Waals surface area contributed by atoms with Crippen molar-refractivity contribution in [2.45, 2.75) is 37.1 Å². The van der Waals surface area contributed by atoms with Crippen LogP contribution in [0, 0.1) is 6.92 Å². The van der Waals surface area contributed by atoms with Crippen LogP contribution in [0.15, 0.2) is 29.2 Å². The molecule has 0 fully saturated rings. The largest absolute Gasteiger partial charge is 0.355 e. The Hall–Kier alpha value is -1.09. The number of nitrogens with two attached hydrogens (primary N) is 1. The predicted molar refractivity (Wildman–Crippen MR) is 99.6 cm³/mol. The number of benzene rings is 1. The van der Waals surface area contributed by atoms with Crippen LogP contribution in [0.25, 0.3) is 0 Å². The van der Waals surface area contributed by atoms with Crippen LogP contribution in [0.5, 0.6) is 0 Å². The van der Waals surface area contributed by atoms with E-state index >= 15 is 0 Å². The Kier molecular flexibility index (Phi) is 9.35. The Morgan fingerprint density at radius 2 is 1.92 bits per heavy atom. The number of carbonyl (C=O) groups excluding carboxylic acids is 1. The zero-order valence-electron chi connectivity index (χ0n) is 14.2. The minimum Gasteiger partial charge on any atom is -0.355 e. The SMILES string of the molecule is CSCCC(NS(=O)(=O)c1ccc(C)cc1)C(=O)NCCCCN. The fourth-order valence-electron chi connectivity index (χ4n) is 2.06. The molecule has 1 aromatic rings. The zero-order chi connectivity index (χ0) is 18.0. The van der Waals surface area contributed by atoms with Crippen LogP contribution in [0.4, 0.5) is 0 Å². The van der Waals surface area contributed by atoms with E-state index in [0.29, 0.717) is 25.3 Å². The second-order valence-electron chi connectivity index (χ2n) is 5.56. The summed E-state index contributed by atoms with van der Waals surface area (Å²) in [5.41, 5.74) is 6.40. The summed E-state index contributed by atoms with van der Waals surface area (Å²) in [5.74, 6) is 0.397. The first-order valence-electron chi connectivity index (χ1n) is 7.96. The van der Waals surface area contributed by atoms with E-state index in [2.05, 4.69) is 10.0 Å². The van der Waals surface area contributed by atoms with Gasteiger partial charge in [-0.25, -0.2) is 8.42 Å². The fraction of sp³-hybridized carbons (Fsp3) is 0.562. The number of rotatable bonds is 11. The summed E-state index contributed by atoms with van der Waals surface area (Å²) in [6, 6.07) is 5.78. The van der Waals surface area contributed by atoms with Gasteiger partial charge >= 0.3 is 0 Å². The van der Waals surface area contributed by atoms with Crippen molar-refractivity contribution in [3.05, 3.63) is 29.8 Å². The van der Waals surface area contributed by atoms with Crippen molar-refractivity contribution < 1.29 is 13.2 Å². The van der Waals surface area contributed by atoms with Crippen LogP contribution < -0.4 is 15.8 Å². The van der Waals surface area contributed by atoms with Crippen LogP contribution in [0.2, 0.25) is 0 Å². The van der Waals surface area contributed by atoms with Gasteiger partial charge in [-0.3, -0.25) is 4.79 Å². The van der Waals surface area contributed by atoms with E-state index in [4.69, 9.17) is 5.73 Å². The molecule has 1 atom stereocenters. The standard InChI is InChI=1S/C16H27N3O3S2/c1-13-5-7-14(8-6-13)24(21,22)19-15(9-12-23-2)16(20)18-11-4-3-10-17/h5-8,15,19H,3-4,9-12,17H2,1-2H3,(H,18,20). The van der Waals surface area contributed by atoms with Gasteiger partial charge in [0.25, 0.3) is 0 Å². The summed E-state index contributed by atoms with van der Waals surface area (Å²) in [6.45, 7) is 2.96. The normalized spacial score (nSPS) is 12.8. The summed E-state index contributed by atoms with van der Waals surface area (Å²) in [5, 5.41) is 2.78. The number of nitrogens with one attached hydrogen (secondary N) is 2. The second kappa shape index (κ2) is 10.7. The molecule has 0 aliphatic rings. The third-order valence-electron chi connectivity index (χ3n) is 3.49. The minimum atomic E-state index is -3.73. The Labute approximate surface area is 149 Å². The molecule has 0 saturated carbocycles. The number of thioether (sulfide) groups is 1. The first-order chi connectivity index (χ1) is 11.4. The van der Waals surface area contributed by atoms with Gasteiger partial charge in [0.15, 0.2) is 0 Å². The molecule has 0 saturated heterocycles. The number of hydrogen-bond donors (Lipinski definition) is 3. The molecule has 136 valence electrons. The molecule has 8 heteroatoms. The van der Waals surface area contributed by atoms with E-state index in [-0.39, 0.29) is 10.8 Å². The number of hydrogen-bond acceptors (Lipinski definition) is 5. The highest BCUT2D eigenvalue weighted by molar-refractivity contribution is 7.98. The van der Waals surface area contributed by atoms with Gasteiger partial charge < -0.3 is 11.1 Å². The lowest BCUT2D eigenvalue weighted by atomic mass is 10.2. The van der Waals surface area contributed by atoms with Crippen molar-refractivity contribution >= 4 is 27.7 Å². The van der Waals surface area contributed by atoms with E-state index in [1.165, 1.54) is 0 Å². The van der Waals surface area contributed by atoms with Gasteiger partial charge in [-0.2, -0.15) is 16.5 Å². The summed E-state index contributed by atoms with van der Waals surface area (Å²) in [7, 11) is -3.73. The van der Waals surface area contributed by atoms with Crippen LogP contribution in [0.3, 0.4) is 0 Å². The maximum atomic E-state index is 12.5. The summed E-state index contributed by atoms with van der Waals surface area (Å²) in [4.78, 5) is 12.5. The molecule has 0 aromatic heterocycles. The van der Waals surface area contributed by atoms with Crippen molar-refractivity contribution in [2.24, 2.45) is 5.73 Å². The molecule has 1 rings (SSSR count). The molecule has 4 N–H and O–H groups in total. The van der Waals surface area contributed by atoms with E-state index in [0.717, 1.165) is 18.4 Å². The molecule has 1 amide bonds. The highest BCUT2D eigenvalue weighted by atomic mass is 32.2. The fourth-order valence-corrected chi connectivity index (χ4v) is 3.76. The monoisotopic (exact) mass is 373 g/mol. The molecule has 0 heterocycles. The highest BCUT2D eigenvalue weighted by Crippen LogP contribution is 2.12. The molecule has 0 aliphatic heterocycles. The van der Waals surface area contributed by atoms with Gasteiger partial charge in [0.05, 0.1) is 4.90 Å². The van der Waals surface area contributed by atoms with Crippen LogP contribution in [-0.2, 0) is 14.8 Å². The molecule has 0 bridgehead atoms. The van der Waals surface area contributed by atoms with Crippen molar-refractivity contribution in [1.29, 1.82) is 0 Å². The Bertz CT molecular complexity index is 603. The molecule has 24 heavy (non-hydrogen) atoms. The molecule has 0 aliphatic carbocycles.